The van der Waals surface area contributed by atoms with Gasteiger partial charge in [0, 0.05) is 31.7 Å². The summed E-state index contributed by atoms with van der Waals surface area (Å²) in [5.41, 5.74) is 6.17. The number of rotatable bonds is 1. The molecule has 1 aromatic rings. The van der Waals surface area contributed by atoms with Crippen molar-refractivity contribution in [3.63, 3.8) is 0 Å². The van der Waals surface area contributed by atoms with Gasteiger partial charge in [0.2, 0.25) is 0 Å². The second-order valence-electron chi connectivity index (χ2n) is 4.63. The third-order valence-electron chi connectivity index (χ3n) is 3.21. The molecule has 1 heterocycles. The van der Waals surface area contributed by atoms with Gasteiger partial charge in [-0.3, -0.25) is 0 Å². The van der Waals surface area contributed by atoms with E-state index in [-0.39, 0.29) is 11.7 Å². The SMILES string of the molecule is CC1CN(C)CCN1c1cc(F)cc(F)c1N. The number of benzene rings is 1. The maximum absolute atomic E-state index is 13.4. The van der Waals surface area contributed by atoms with Gasteiger partial charge in [0.25, 0.3) is 0 Å². The van der Waals surface area contributed by atoms with Gasteiger partial charge in [-0.2, -0.15) is 0 Å². The molecule has 1 fully saturated rings. The lowest BCUT2D eigenvalue weighted by Gasteiger charge is -2.40. The van der Waals surface area contributed by atoms with Crippen LogP contribution in [-0.2, 0) is 0 Å². The van der Waals surface area contributed by atoms with Gasteiger partial charge in [0.1, 0.15) is 5.82 Å². The van der Waals surface area contributed by atoms with Crippen molar-refractivity contribution in [3.8, 4) is 0 Å². The predicted molar refractivity (Wildman–Crippen MR) is 65.1 cm³/mol. The van der Waals surface area contributed by atoms with E-state index in [1.165, 1.54) is 6.07 Å². The summed E-state index contributed by atoms with van der Waals surface area (Å²) in [4.78, 5) is 4.15. The first-order chi connectivity index (χ1) is 7.99. The average Bonchev–Trinajstić information content (AvgIpc) is 2.24. The molecule has 1 unspecified atom stereocenters. The Balaban J connectivity index is 2.33. The number of halogens is 2. The van der Waals surface area contributed by atoms with Crippen molar-refractivity contribution in [2.75, 3.05) is 37.3 Å². The molecule has 1 aromatic carbocycles. The van der Waals surface area contributed by atoms with E-state index in [0.29, 0.717) is 5.69 Å². The van der Waals surface area contributed by atoms with Gasteiger partial charge >= 0.3 is 0 Å². The molecule has 2 rings (SSSR count). The van der Waals surface area contributed by atoms with Gasteiger partial charge in [-0.05, 0) is 20.0 Å². The minimum absolute atomic E-state index is 0.0304. The second kappa shape index (κ2) is 4.49. The molecule has 0 aliphatic carbocycles. The highest BCUT2D eigenvalue weighted by atomic mass is 19.1. The van der Waals surface area contributed by atoms with Gasteiger partial charge in [-0.25, -0.2) is 8.78 Å². The van der Waals surface area contributed by atoms with Crippen molar-refractivity contribution in [1.29, 1.82) is 0 Å². The summed E-state index contributed by atoms with van der Waals surface area (Å²) in [5.74, 6) is -1.27. The number of hydrogen-bond acceptors (Lipinski definition) is 3. The van der Waals surface area contributed by atoms with Crippen molar-refractivity contribution in [1.82, 2.24) is 4.90 Å². The van der Waals surface area contributed by atoms with Crippen LogP contribution in [0.15, 0.2) is 12.1 Å². The number of hydrogen-bond donors (Lipinski definition) is 1. The molecule has 1 atom stereocenters. The van der Waals surface area contributed by atoms with E-state index < -0.39 is 11.6 Å². The molecule has 1 aliphatic heterocycles. The highest BCUT2D eigenvalue weighted by molar-refractivity contribution is 5.69. The van der Waals surface area contributed by atoms with Crippen LogP contribution in [0.1, 0.15) is 6.92 Å². The van der Waals surface area contributed by atoms with Crippen LogP contribution in [0.4, 0.5) is 20.2 Å². The first kappa shape index (κ1) is 12.1. The van der Waals surface area contributed by atoms with Crippen LogP contribution in [0.2, 0.25) is 0 Å². The van der Waals surface area contributed by atoms with Crippen LogP contribution in [0.25, 0.3) is 0 Å². The minimum Gasteiger partial charge on any atom is -0.395 e. The number of nitrogen functional groups attached to an aromatic ring is 1. The zero-order valence-corrected chi connectivity index (χ0v) is 10.1. The van der Waals surface area contributed by atoms with E-state index in [1.54, 1.807) is 0 Å². The van der Waals surface area contributed by atoms with Crippen LogP contribution in [0.3, 0.4) is 0 Å². The van der Waals surface area contributed by atoms with Crippen LogP contribution < -0.4 is 10.6 Å². The van der Waals surface area contributed by atoms with Crippen molar-refractivity contribution in [2.45, 2.75) is 13.0 Å². The van der Waals surface area contributed by atoms with Crippen molar-refractivity contribution < 1.29 is 8.78 Å². The van der Waals surface area contributed by atoms with Crippen LogP contribution >= 0.6 is 0 Å². The monoisotopic (exact) mass is 241 g/mol. The molecule has 0 saturated carbocycles. The van der Waals surface area contributed by atoms with Crippen molar-refractivity contribution in [2.24, 2.45) is 0 Å². The summed E-state index contributed by atoms with van der Waals surface area (Å²) in [7, 11) is 2.03. The van der Waals surface area contributed by atoms with E-state index in [0.717, 1.165) is 25.7 Å². The largest absolute Gasteiger partial charge is 0.395 e. The first-order valence-corrected chi connectivity index (χ1v) is 5.68. The molecule has 1 saturated heterocycles. The molecule has 0 radical (unpaired) electrons. The Morgan fingerprint density at radius 1 is 1.29 bits per heavy atom. The summed E-state index contributed by atoms with van der Waals surface area (Å²) >= 11 is 0. The Bertz CT molecular complexity index is 422. The lowest BCUT2D eigenvalue weighted by Crippen LogP contribution is -2.50. The third kappa shape index (κ3) is 2.34. The Labute approximate surface area is 99.8 Å². The minimum atomic E-state index is -0.689. The van der Waals surface area contributed by atoms with E-state index in [1.807, 2.05) is 18.9 Å². The predicted octanol–water partition coefficient (Wildman–Crippen LogP) is 1.69. The van der Waals surface area contributed by atoms with E-state index in [2.05, 4.69) is 4.90 Å². The number of likely N-dealkylation sites (N-methyl/N-ethyl adjacent to an activating group) is 1. The Morgan fingerprint density at radius 3 is 2.65 bits per heavy atom. The van der Waals surface area contributed by atoms with Crippen molar-refractivity contribution in [3.05, 3.63) is 23.8 Å². The standard InChI is InChI=1S/C12H17F2N3/c1-8-7-16(2)3-4-17(8)11-6-9(13)5-10(14)12(11)15/h5-6,8H,3-4,7,15H2,1-2H3. The van der Waals surface area contributed by atoms with E-state index in [4.69, 9.17) is 5.73 Å². The van der Waals surface area contributed by atoms with Gasteiger partial charge in [0.05, 0.1) is 11.4 Å². The summed E-state index contributed by atoms with van der Waals surface area (Å²) in [6.45, 7) is 4.47. The Kier molecular flexibility index (Phi) is 3.19. The fraction of sp³-hybridized carbons (Fsp3) is 0.500. The number of anilines is 2. The molecule has 2 N–H and O–H groups in total. The molecule has 0 spiro atoms. The Morgan fingerprint density at radius 2 is 2.00 bits per heavy atom. The molecule has 0 bridgehead atoms. The Hall–Kier alpha value is -1.36. The second-order valence-corrected chi connectivity index (χ2v) is 4.63. The number of nitrogens with zero attached hydrogens (tertiary/aromatic N) is 2. The summed E-state index contributed by atoms with van der Waals surface area (Å²) in [6, 6.07) is 2.32. The maximum Gasteiger partial charge on any atom is 0.151 e. The van der Waals surface area contributed by atoms with E-state index >= 15 is 0 Å². The number of piperazine rings is 1. The fourth-order valence-corrected chi connectivity index (χ4v) is 2.31. The molecule has 3 nitrogen and oxygen atoms in total. The van der Waals surface area contributed by atoms with Crippen molar-refractivity contribution >= 4 is 11.4 Å². The lowest BCUT2D eigenvalue weighted by molar-refractivity contribution is 0.275. The molecule has 17 heavy (non-hydrogen) atoms. The summed E-state index contributed by atoms with van der Waals surface area (Å²) < 4.78 is 26.6. The molecule has 0 aromatic heterocycles. The molecular formula is C12H17F2N3. The highest BCUT2D eigenvalue weighted by Gasteiger charge is 2.24. The summed E-state index contributed by atoms with van der Waals surface area (Å²) in [5, 5.41) is 0. The fourth-order valence-electron chi connectivity index (χ4n) is 2.31. The van der Waals surface area contributed by atoms with Crippen LogP contribution in [-0.4, -0.2) is 37.6 Å². The highest BCUT2D eigenvalue weighted by Crippen LogP contribution is 2.29. The average molecular weight is 241 g/mol. The van der Waals surface area contributed by atoms with Gasteiger partial charge in [0.15, 0.2) is 5.82 Å². The molecule has 0 amide bonds. The number of nitrogens with two attached hydrogens (primary N) is 1. The third-order valence-corrected chi connectivity index (χ3v) is 3.21. The lowest BCUT2D eigenvalue weighted by atomic mass is 10.1. The zero-order chi connectivity index (χ0) is 12.6. The topological polar surface area (TPSA) is 32.5 Å². The molecule has 94 valence electrons. The molecule has 1 aliphatic rings. The van der Waals surface area contributed by atoms with Gasteiger partial charge in [-0.1, -0.05) is 0 Å². The van der Waals surface area contributed by atoms with E-state index in [9.17, 15) is 8.78 Å². The molecule has 5 heteroatoms. The maximum atomic E-state index is 13.4. The zero-order valence-electron chi connectivity index (χ0n) is 10.1. The molecular weight excluding hydrogens is 224 g/mol. The smallest absolute Gasteiger partial charge is 0.151 e. The summed E-state index contributed by atoms with van der Waals surface area (Å²) in [6.07, 6.45) is 0. The quantitative estimate of drug-likeness (QED) is 0.759. The van der Waals surface area contributed by atoms with Crippen LogP contribution in [0.5, 0.6) is 0 Å². The van der Waals surface area contributed by atoms with Gasteiger partial charge in [-0.15, -0.1) is 0 Å². The van der Waals surface area contributed by atoms with Gasteiger partial charge < -0.3 is 15.5 Å². The first-order valence-electron chi connectivity index (χ1n) is 5.68. The normalized spacial score (nSPS) is 21.9. The van der Waals surface area contributed by atoms with Crippen LogP contribution in [0, 0.1) is 11.6 Å².